The molecule has 0 aliphatic heterocycles. The van der Waals surface area contributed by atoms with Gasteiger partial charge in [0, 0.05) is 17.7 Å². The third-order valence-corrected chi connectivity index (χ3v) is 3.32. The van der Waals surface area contributed by atoms with Gasteiger partial charge < -0.3 is 0 Å². The van der Waals surface area contributed by atoms with Gasteiger partial charge in [0.2, 0.25) is 0 Å². The number of ketones is 1. The molecule has 0 N–H and O–H groups in total. The maximum Gasteiger partial charge on any atom is 0.269 e. The molecule has 1 rings (SSSR count). The third-order valence-electron chi connectivity index (χ3n) is 2.28. The predicted octanol–water partition coefficient (Wildman–Crippen LogP) is 3.31. The second-order valence-electron chi connectivity index (χ2n) is 3.63. The number of unbranched alkanes of at least 4 members (excludes halogenated alkanes) is 1. The van der Waals surface area contributed by atoms with E-state index in [0.717, 1.165) is 18.6 Å². The van der Waals surface area contributed by atoms with Gasteiger partial charge in [-0.25, -0.2) is 0 Å². The molecular weight excluding hydrogens is 238 g/mol. The molecule has 0 unspecified atom stereocenters. The van der Waals surface area contributed by atoms with E-state index in [2.05, 4.69) is 6.92 Å². The van der Waals surface area contributed by atoms with Crippen molar-refractivity contribution in [1.82, 2.24) is 0 Å². The molecule has 0 spiro atoms. The van der Waals surface area contributed by atoms with Gasteiger partial charge in [0.15, 0.2) is 5.78 Å². The number of carbonyl (C=O) groups excluding carboxylic acids is 1. The van der Waals surface area contributed by atoms with Gasteiger partial charge >= 0.3 is 0 Å². The number of nitrogens with zero attached hydrogens (tertiary/aromatic N) is 1. The summed E-state index contributed by atoms with van der Waals surface area (Å²) in [6, 6.07) is 5.76. The van der Waals surface area contributed by atoms with Gasteiger partial charge in [0.1, 0.15) is 0 Å². The number of thioether (sulfide) groups is 1. The lowest BCUT2D eigenvalue weighted by Crippen LogP contribution is -2.03. The van der Waals surface area contributed by atoms with E-state index in [0.29, 0.717) is 11.3 Å². The highest BCUT2D eigenvalue weighted by atomic mass is 32.2. The van der Waals surface area contributed by atoms with Gasteiger partial charge in [-0.2, -0.15) is 11.8 Å². The van der Waals surface area contributed by atoms with Crippen molar-refractivity contribution in [3.8, 4) is 0 Å². The fraction of sp³-hybridized carbons (Fsp3) is 0.417. The summed E-state index contributed by atoms with van der Waals surface area (Å²) in [6.45, 7) is 2.11. The molecule has 92 valence electrons. The quantitative estimate of drug-likeness (QED) is 0.324. The lowest BCUT2D eigenvalue weighted by Gasteiger charge is -2.00. The summed E-state index contributed by atoms with van der Waals surface area (Å²) in [6.07, 6.45) is 2.23. The monoisotopic (exact) mass is 253 g/mol. The van der Waals surface area contributed by atoms with Crippen molar-refractivity contribution in [3.63, 3.8) is 0 Å². The Balaban J connectivity index is 2.49. The molecule has 0 aliphatic carbocycles. The molecule has 0 aliphatic rings. The van der Waals surface area contributed by atoms with Gasteiger partial charge in [0.05, 0.1) is 10.7 Å². The predicted molar refractivity (Wildman–Crippen MR) is 69.7 cm³/mol. The van der Waals surface area contributed by atoms with E-state index in [4.69, 9.17) is 0 Å². The zero-order valence-corrected chi connectivity index (χ0v) is 10.5. The summed E-state index contributed by atoms with van der Waals surface area (Å²) in [5.41, 5.74) is 0.555. The van der Waals surface area contributed by atoms with Crippen LogP contribution < -0.4 is 0 Å². The fourth-order valence-electron chi connectivity index (χ4n) is 1.26. The van der Waals surface area contributed by atoms with E-state index in [1.54, 1.807) is 11.8 Å². The third kappa shape index (κ3) is 4.56. The highest BCUT2D eigenvalue weighted by Crippen LogP contribution is 2.14. The number of benzene rings is 1. The summed E-state index contributed by atoms with van der Waals surface area (Å²) in [4.78, 5) is 21.7. The maximum absolute atomic E-state index is 11.7. The van der Waals surface area contributed by atoms with Crippen LogP contribution in [0, 0.1) is 10.1 Å². The molecular formula is C12H15NO3S. The number of rotatable bonds is 7. The summed E-state index contributed by atoms with van der Waals surface area (Å²) in [5, 5.41) is 10.4. The Morgan fingerprint density at radius 3 is 2.53 bits per heavy atom. The van der Waals surface area contributed by atoms with Crippen molar-refractivity contribution >= 4 is 23.2 Å². The van der Waals surface area contributed by atoms with Crippen LogP contribution in [0.1, 0.15) is 30.1 Å². The minimum Gasteiger partial charge on any atom is -0.293 e. The largest absolute Gasteiger partial charge is 0.293 e. The van der Waals surface area contributed by atoms with E-state index in [1.807, 2.05) is 0 Å². The van der Waals surface area contributed by atoms with Crippen molar-refractivity contribution in [3.05, 3.63) is 39.9 Å². The zero-order valence-electron chi connectivity index (χ0n) is 9.72. The average Bonchev–Trinajstić information content (AvgIpc) is 2.34. The van der Waals surface area contributed by atoms with Gasteiger partial charge in [-0.05, 0) is 24.3 Å². The summed E-state index contributed by atoms with van der Waals surface area (Å²) >= 11 is 1.61. The Hall–Kier alpha value is -1.36. The normalized spacial score (nSPS) is 10.2. The number of nitro groups is 1. The average molecular weight is 253 g/mol. The number of hydrogen-bond donors (Lipinski definition) is 0. The molecule has 0 radical (unpaired) electrons. The van der Waals surface area contributed by atoms with Gasteiger partial charge in [0.25, 0.3) is 5.69 Å². The molecule has 5 heteroatoms. The molecule has 1 aromatic rings. The molecule has 0 aromatic heterocycles. The minimum absolute atomic E-state index is 0.0141. The molecule has 0 heterocycles. The van der Waals surface area contributed by atoms with Crippen LogP contribution in [0.25, 0.3) is 0 Å². The zero-order chi connectivity index (χ0) is 12.7. The first kappa shape index (κ1) is 13.7. The van der Waals surface area contributed by atoms with E-state index >= 15 is 0 Å². The Labute approximate surface area is 105 Å². The Morgan fingerprint density at radius 1 is 1.35 bits per heavy atom. The Bertz CT molecular complexity index is 389. The van der Waals surface area contributed by atoms with E-state index in [-0.39, 0.29) is 11.5 Å². The lowest BCUT2D eigenvalue weighted by atomic mass is 10.1. The second kappa shape index (κ2) is 7.06. The second-order valence-corrected chi connectivity index (χ2v) is 4.74. The molecule has 17 heavy (non-hydrogen) atoms. The van der Waals surface area contributed by atoms with E-state index in [1.165, 1.54) is 24.3 Å². The Morgan fingerprint density at radius 2 is 2.00 bits per heavy atom. The first-order valence-electron chi connectivity index (χ1n) is 5.50. The van der Waals surface area contributed by atoms with Crippen LogP contribution >= 0.6 is 11.8 Å². The smallest absolute Gasteiger partial charge is 0.269 e. The van der Waals surface area contributed by atoms with Gasteiger partial charge in [-0.1, -0.05) is 13.3 Å². The van der Waals surface area contributed by atoms with Crippen LogP contribution in [0.5, 0.6) is 0 Å². The van der Waals surface area contributed by atoms with Crippen LogP contribution in [-0.4, -0.2) is 22.2 Å². The van der Waals surface area contributed by atoms with Gasteiger partial charge in [-0.15, -0.1) is 0 Å². The fourth-order valence-corrected chi connectivity index (χ4v) is 2.25. The van der Waals surface area contributed by atoms with Crippen molar-refractivity contribution in [2.24, 2.45) is 0 Å². The minimum atomic E-state index is -0.468. The number of Topliss-reactive ketones (excluding diaryl/α,β-unsaturated/α-hetero) is 1. The molecule has 0 saturated heterocycles. The number of hydrogen-bond acceptors (Lipinski definition) is 4. The van der Waals surface area contributed by atoms with Crippen molar-refractivity contribution < 1.29 is 9.72 Å². The topological polar surface area (TPSA) is 60.2 Å². The highest BCUT2D eigenvalue weighted by Gasteiger charge is 2.09. The first-order valence-corrected chi connectivity index (χ1v) is 6.66. The Kier molecular flexibility index (Phi) is 5.69. The molecule has 0 saturated carbocycles. The van der Waals surface area contributed by atoms with Crippen molar-refractivity contribution in [2.45, 2.75) is 19.8 Å². The molecule has 0 amide bonds. The van der Waals surface area contributed by atoms with Crippen LogP contribution in [0.4, 0.5) is 5.69 Å². The molecule has 1 aromatic carbocycles. The number of nitro benzene ring substituents is 1. The van der Waals surface area contributed by atoms with Crippen LogP contribution in [0.15, 0.2) is 24.3 Å². The SMILES string of the molecule is CCCCSCC(=O)c1ccc([N+](=O)[O-])cc1. The summed E-state index contributed by atoms with van der Waals surface area (Å²) < 4.78 is 0. The van der Waals surface area contributed by atoms with Gasteiger partial charge in [-0.3, -0.25) is 14.9 Å². The maximum atomic E-state index is 11.7. The van der Waals surface area contributed by atoms with Crippen LogP contribution in [0.2, 0.25) is 0 Å². The molecule has 0 bridgehead atoms. The number of carbonyl (C=O) groups is 1. The van der Waals surface area contributed by atoms with E-state index in [9.17, 15) is 14.9 Å². The first-order chi connectivity index (χ1) is 8.15. The van der Waals surface area contributed by atoms with Crippen LogP contribution in [-0.2, 0) is 0 Å². The highest BCUT2D eigenvalue weighted by molar-refractivity contribution is 7.99. The molecule has 4 nitrogen and oxygen atoms in total. The summed E-state index contributed by atoms with van der Waals surface area (Å²) in [7, 11) is 0. The van der Waals surface area contributed by atoms with E-state index < -0.39 is 4.92 Å². The van der Waals surface area contributed by atoms with Crippen molar-refractivity contribution in [2.75, 3.05) is 11.5 Å². The van der Waals surface area contributed by atoms with Crippen LogP contribution in [0.3, 0.4) is 0 Å². The standard InChI is InChI=1S/C12H15NO3S/c1-2-3-8-17-9-12(14)10-4-6-11(7-5-10)13(15)16/h4-7H,2-3,8-9H2,1H3. The van der Waals surface area contributed by atoms with Crippen molar-refractivity contribution in [1.29, 1.82) is 0 Å². The lowest BCUT2D eigenvalue weighted by molar-refractivity contribution is -0.384. The molecule has 0 atom stereocenters. The summed E-state index contributed by atoms with van der Waals surface area (Å²) in [5.74, 6) is 1.45. The molecule has 0 fully saturated rings. The number of non-ortho nitro benzene ring substituents is 1.